The summed E-state index contributed by atoms with van der Waals surface area (Å²) in [5, 5.41) is 2.84. The van der Waals surface area contributed by atoms with Gasteiger partial charge in [-0.25, -0.2) is 0 Å². The molecular weight excluding hydrogens is 274 g/mol. The first-order valence-electron chi connectivity index (χ1n) is 7.43. The Morgan fingerprint density at radius 2 is 1.50 bits per heavy atom. The molecule has 2 aromatic carbocycles. The van der Waals surface area contributed by atoms with Crippen molar-refractivity contribution in [2.45, 2.75) is 13.3 Å². The fourth-order valence-electron chi connectivity index (χ4n) is 2.01. The number of benzene rings is 2. The average Bonchev–Trinajstić information content (AvgIpc) is 2.59. The van der Waals surface area contributed by atoms with E-state index in [4.69, 9.17) is 0 Å². The largest absolute Gasteiger partial charge is 0.354 e. The van der Waals surface area contributed by atoms with Gasteiger partial charge in [-0.05, 0) is 18.7 Å². The summed E-state index contributed by atoms with van der Waals surface area (Å²) in [5.41, 5.74) is 1.77. The summed E-state index contributed by atoms with van der Waals surface area (Å²) in [5.74, 6) is 0.0278. The van der Waals surface area contributed by atoms with Crippen LogP contribution in [0.4, 0.5) is 0 Å². The van der Waals surface area contributed by atoms with E-state index in [0.29, 0.717) is 23.2 Å². The van der Waals surface area contributed by atoms with Crippen molar-refractivity contribution >= 4 is 11.7 Å². The van der Waals surface area contributed by atoms with Gasteiger partial charge in [-0.15, -0.1) is 0 Å². The van der Waals surface area contributed by atoms with Crippen molar-refractivity contribution < 1.29 is 9.59 Å². The van der Waals surface area contributed by atoms with Crippen LogP contribution in [0.5, 0.6) is 0 Å². The molecule has 0 aliphatic rings. The van der Waals surface area contributed by atoms with E-state index in [1.807, 2.05) is 25.1 Å². The lowest BCUT2D eigenvalue weighted by Gasteiger charge is -2.15. The molecule has 0 aromatic heterocycles. The van der Waals surface area contributed by atoms with Crippen LogP contribution in [0.15, 0.2) is 54.6 Å². The predicted octanol–water partition coefficient (Wildman–Crippen LogP) is 3.51. The summed E-state index contributed by atoms with van der Waals surface area (Å²) >= 11 is 0. The number of hydrogen-bond acceptors (Lipinski definition) is 2. The van der Waals surface area contributed by atoms with Crippen LogP contribution in [0.3, 0.4) is 0 Å². The van der Waals surface area contributed by atoms with Crippen molar-refractivity contribution in [2.24, 2.45) is 5.92 Å². The molecule has 2 aromatic rings. The molecule has 1 amide bonds. The van der Waals surface area contributed by atoms with Gasteiger partial charge in [0.2, 0.25) is 0 Å². The number of nitrogens with one attached hydrogen (secondary N) is 1. The van der Waals surface area contributed by atoms with Crippen molar-refractivity contribution in [3.63, 3.8) is 0 Å². The highest BCUT2D eigenvalue weighted by Gasteiger charge is 2.10. The third-order valence-corrected chi connectivity index (χ3v) is 3.57. The molecule has 0 spiro atoms. The van der Waals surface area contributed by atoms with Crippen molar-refractivity contribution in [2.75, 3.05) is 6.54 Å². The summed E-state index contributed by atoms with van der Waals surface area (Å²) in [6, 6.07) is 15.8. The van der Waals surface area contributed by atoms with Gasteiger partial charge in [0.25, 0.3) is 5.91 Å². The molecule has 0 saturated carbocycles. The first kappa shape index (κ1) is 16.0. The van der Waals surface area contributed by atoms with Gasteiger partial charge < -0.3 is 12.2 Å². The van der Waals surface area contributed by atoms with E-state index in [1.54, 1.807) is 36.4 Å². The maximum absolute atomic E-state index is 12.3. The van der Waals surface area contributed by atoms with Crippen molar-refractivity contribution in [1.82, 2.24) is 5.32 Å². The number of carbonyl (C=O) groups excluding carboxylic acids is 2. The van der Waals surface area contributed by atoms with Crippen molar-refractivity contribution in [3.8, 4) is 0 Å². The number of carbonyl (C=O) groups is 2. The van der Waals surface area contributed by atoms with Gasteiger partial charge in [0.05, 0.1) is 0 Å². The van der Waals surface area contributed by atoms with Gasteiger partial charge in [-0.2, -0.15) is 5.92 Å². The summed E-state index contributed by atoms with van der Waals surface area (Å²) < 4.78 is 0. The zero-order valence-electron chi connectivity index (χ0n) is 12.7. The van der Waals surface area contributed by atoms with E-state index in [0.717, 1.165) is 6.42 Å². The maximum Gasteiger partial charge on any atom is 0.251 e. The first-order valence-corrected chi connectivity index (χ1v) is 7.43. The second-order valence-corrected chi connectivity index (χ2v) is 5.26. The molecule has 0 radical (unpaired) electrons. The lowest BCUT2D eigenvalue weighted by atomic mass is 10.0. The van der Waals surface area contributed by atoms with E-state index in [-0.39, 0.29) is 17.6 Å². The van der Waals surface area contributed by atoms with Crippen LogP contribution in [0, 0.1) is 12.8 Å². The molecule has 1 unspecified atom stereocenters. The second kappa shape index (κ2) is 7.55. The SMILES string of the molecule is [CH2-]C(CC)CNC(=O)c1ccc(C(=O)c2ccccc2)cc1. The highest BCUT2D eigenvalue weighted by molar-refractivity contribution is 6.09. The number of ketones is 1. The molecule has 0 heterocycles. The van der Waals surface area contributed by atoms with E-state index < -0.39 is 0 Å². The van der Waals surface area contributed by atoms with E-state index >= 15 is 0 Å². The normalized spacial score (nSPS) is 11.7. The highest BCUT2D eigenvalue weighted by Crippen LogP contribution is 2.11. The Labute approximate surface area is 131 Å². The molecule has 3 nitrogen and oxygen atoms in total. The van der Waals surface area contributed by atoms with Crippen LogP contribution in [-0.2, 0) is 0 Å². The Morgan fingerprint density at radius 1 is 0.955 bits per heavy atom. The van der Waals surface area contributed by atoms with Crippen LogP contribution in [0.25, 0.3) is 0 Å². The minimum absolute atomic E-state index is 0.0450. The van der Waals surface area contributed by atoms with Crippen molar-refractivity contribution in [1.29, 1.82) is 0 Å². The molecule has 0 saturated heterocycles. The van der Waals surface area contributed by atoms with Gasteiger partial charge in [0, 0.05) is 16.7 Å². The monoisotopic (exact) mass is 294 g/mol. The minimum atomic E-state index is -0.138. The summed E-state index contributed by atoms with van der Waals surface area (Å²) in [7, 11) is 0. The molecule has 3 heteroatoms. The fraction of sp³-hybridized carbons (Fsp3) is 0.211. The molecule has 2 rings (SSSR count). The summed E-state index contributed by atoms with van der Waals surface area (Å²) in [6.45, 7) is 6.52. The van der Waals surface area contributed by atoms with Gasteiger partial charge in [0.15, 0.2) is 5.78 Å². The molecular formula is C19H20NO2-. The van der Waals surface area contributed by atoms with Gasteiger partial charge in [-0.3, -0.25) is 9.59 Å². The number of amides is 1. The lowest BCUT2D eigenvalue weighted by molar-refractivity contribution is 0.0948. The Balaban J connectivity index is 2.04. The van der Waals surface area contributed by atoms with Crippen LogP contribution in [-0.4, -0.2) is 18.2 Å². The van der Waals surface area contributed by atoms with Crippen LogP contribution >= 0.6 is 0 Å². The lowest BCUT2D eigenvalue weighted by Crippen LogP contribution is -2.28. The summed E-state index contributed by atoms with van der Waals surface area (Å²) in [4.78, 5) is 24.3. The molecule has 0 aliphatic carbocycles. The first-order chi connectivity index (χ1) is 10.6. The highest BCUT2D eigenvalue weighted by atomic mass is 16.1. The van der Waals surface area contributed by atoms with Gasteiger partial charge in [0.1, 0.15) is 0 Å². The third-order valence-electron chi connectivity index (χ3n) is 3.57. The molecule has 0 fully saturated rings. The van der Waals surface area contributed by atoms with E-state index in [1.165, 1.54) is 0 Å². The minimum Gasteiger partial charge on any atom is -0.354 e. The molecule has 1 N–H and O–H groups in total. The fourth-order valence-corrected chi connectivity index (χ4v) is 2.01. The van der Waals surface area contributed by atoms with E-state index in [9.17, 15) is 9.59 Å². The molecule has 1 atom stereocenters. The zero-order chi connectivity index (χ0) is 15.9. The standard InChI is InChI=1S/C19H20NO2/c1-3-14(2)13-20-19(22)17-11-9-16(10-12-17)18(21)15-7-5-4-6-8-15/h4-12,14H,2-3,13H2,1H3,(H,20,22)/q-1. The molecule has 0 aliphatic heterocycles. The second-order valence-electron chi connectivity index (χ2n) is 5.26. The van der Waals surface area contributed by atoms with Gasteiger partial charge in [-0.1, -0.05) is 55.8 Å². The Hall–Kier alpha value is -2.42. The van der Waals surface area contributed by atoms with Crippen molar-refractivity contribution in [3.05, 3.63) is 78.2 Å². The van der Waals surface area contributed by atoms with E-state index in [2.05, 4.69) is 12.2 Å². The van der Waals surface area contributed by atoms with Crippen LogP contribution < -0.4 is 5.32 Å². The molecule has 22 heavy (non-hydrogen) atoms. The predicted molar refractivity (Wildman–Crippen MR) is 87.8 cm³/mol. The molecule has 114 valence electrons. The maximum atomic E-state index is 12.3. The van der Waals surface area contributed by atoms with Crippen LogP contribution in [0.1, 0.15) is 39.6 Å². The molecule has 0 bridgehead atoms. The Bertz CT molecular complexity index is 632. The topological polar surface area (TPSA) is 46.2 Å². The number of rotatable bonds is 6. The summed E-state index contributed by atoms with van der Waals surface area (Å²) in [6.07, 6.45) is 0.921. The number of hydrogen-bond donors (Lipinski definition) is 1. The third kappa shape index (κ3) is 4.04. The quantitative estimate of drug-likeness (QED) is 0.654. The van der Waals surface area contributed by atoms with Crippen LogP contribution in [0.2, 0.25) is 0 Å². The zero-order valence-corrected chi connectivity index (χ0v) is 12.7. The smallest absolute Gasteiger partial charge is 0.251 e. The Morgan fingerprint density at radius 3 is 2.09 bits per heavy atom. The Kier molecular flexibility index (Phi) is 5.48. The average molecular weight is 294 g/mol. The van der Waals surface area contributed by atoms with Gasteiger partial charge >= 0.3 is 0 Å².